The second-order valence-corrected chi connectivity index (χ2v) is 3.53. The first kappa shape index (κ1) is 9.87. The van der Waals surface area contributed by atoms with E-state index in [1.807, 2.05) is 0 Å². The summed E-state index contributed by atoms with van der Waals surface area (Å²) in [5.41, 5.74) is 0. The quantitative estimate of drug-likeness (QED) is 0.566. The zero-order valence-corrected chi connectivity index (χ0v) is 8.19. The van der Waals surface area contributed by atoms with E-state index in [0.717, 1.165) is 39.4 Å². The monoisotopic (exact) mass is 197 g/mol. The van der Waals surface area contributed by atoms with E-state index in [2.05, 4.69) is 11.0 Å². The highest BCUT2D eigenvalue weighted by molar-refractivity contribution is 5.01. The second kappa shape index (κ2) is 4.71. The minimum atomic E-state index is -0.000288. The standard InChI is InChI=1S/C9H15N3O2/c10-7-9-8-12(9)14-6-3-11-1-4-13-5-2-11/h9H,1-6,8H2. The van der Waals surface area contributed by atoms with E-state index in [4.69, 9.17) is 14.8 Å². The van der Waals surface area contributed by atoms with Gasteiger partial charge in [0.05, 0.1) is 32.4 Å². The maximum absolute atomic E-state index is 8.53. The topological polar surface area (TPSA) is 48.5 Å². The SMILES string of the molecule is N#CC1CN1OCCN1CCOCC1. The fourth-order valence-electron chi connectivity index (χ4n) is 1.48. The summed E-state index contributed by atoms with van der Waals surface area (Å²) in [5.74, 6) is 0. The molecule has 0 aromatic heterocycles. The molecule has 2 saturated heterocycles. The molecule has 5 heteroatoms. The van der Waals surface area contributed by atoms with Crippen LogP contribution in [-0.2, 0) is 9.57 Å². The van der Waals surface area contributed by atoms with Crippen LogP contribution in [0, 0.1) is 11.3 Å². The van der Waals surface area contributed by atoms with Crippen LogP contribution in [0.3, 0.4) is 0 Å². The van der Waals surface area contributed by atoms with Crippen molar-refractivity contribution in [3.05, 3.63) is 0 Å². The average molecular weight is 197 g/mol. The van der Waals surface area contributed by atoms with Crippen LogP contribution in [0.1, 0.15) is 0 Å². The number of hydroxylamine groups is 2. The lowest BCUT2D eigenvalue weighted by atomic mass is 10.4. The van der Waals surface area contributed by atoms with E-state index in [-0.39, 0.29) is 6.04 Å². The van der Waals surface area contributed by atoms with Crippen molar-refractivity contribution in [1.29, 1.82) is 5.26 Å². The van der Waals surface area contributed by atoms with Gasteiger partial charge in [0, 0.05) is 19.6 Å². The zero-order valence-electron chi connectivity index (χ0n) is 8.19. The molecular weight excluding hydrogens is 182 g/mol. The van der Waals surface area contributed by atoms with Gasteiger partial charge in [-0.1, -0.05) is 0 Å². The largest absolute Gasteiger partial charge is 0.379 e. The molecule has 0 N–H and O–H groups in total. The van der Waals surface area contributed by atoms with Crippen LogP contribution in [0.25, 0.3) is 0 Å². The van der Waals surface area contributed by atoms with Crippen molar-refractivity contribution in [2.75, 3.05) is 46.0 Å². The Kier molecular flexibility index (Phi) is 3.32. The number of rotatable bonds is 4. The first-order chi connectivity index (χ1) is 6.90. The molecule has 0 aromatic carbocycles. The van der Waals surface area contributed by atoms with Gasteiger partial charge in [0.1, 0.15) is 6.04 Å². The summed E-state index contributed by atoms with van der Waals surface area (Å²) >= 11 is 0. The Morgan fingerprint density at radius 2 is 2.21 bits per heavy atom. The van der Waals surface area contributed by atoms with Gasteiger partial charge >= 0.3 is 0 Å². The van der Waals surface area contributed by atoms with Gasteiger partial charge in [0.2, 0.25) is 0 Å². The van der Waals surface area contributed by atoms with E-state index in [1.54, 1.807) is 5.06 Å². The molecule has 0 aliphatic carbocycles. The molecule has 5 nitrogen and oxygen atoms in total. The Morgan fingerprint density at radius 3 is 2.86 bits per heavy atom. The highest BCUT2D eigenvalue weighted by Gasteiger charge is 2.35. The second-order valence-electron chi connectivity index (χ2n) is 3.53. The minimum Gasteiger partial charge on any atom is -0.379 e. The molecule has 2 rings (SSSR count). The van der Waals surface area contributed by atoms with Gasteiger partial charge in [-0.3, -0.25) is 9.74 Å². The fraction of sp³-hybridized carbons (Fsp3) is 0.889. The minimum absolute atomic E-state index is 0.000288. The Bertz CT molecular complexity index is 223. The molecule has 2 unspecified atom stereocenters. The molecule has 0 aromatic rings. The lowest BCUT2D eigenvalue weighted by Crippen LogP contribution is -2.38. The van der Waals surface area contributed by atoms with Crippen LogP contribution in [0.5, 0.6) is 0 Å². The Morgan fingerprint density at radius 1 is 1.43 bits per heavy atom. The lowest BCUT2D eigenvalue weighted by Gasteiger charge is -2.26. The van der Waals surface area contributed by atoms with Crippen molar-refractivity contribution in [3.63, 3.8) is 0 Å². The number of ether oxygens (including phenoxy) is 1. The van der Waals surface area contributed by atoms with Crippen molar-refractivity contribution >= 4 is 0 Å². The molecule has 0 saturated carbocycles. The van der Waals surface area contributed by atoms with Gasteiger partial charge in [0.15, 0.2) is 0 Å². The molecule has 0 amide bonds. The highest BCUT2D eigenvalue weighted by Crippen LogP contribution is 2.15. The third kappa shape index (κ3) is 2.66. The van der Waals surface area contributed by atoms with Gasteiger partial charge in [-0.15, -0.1) is 0 Å². The van der Waals surface area contributed by atoms with Gasteiger partial charge in [-0.05, 0) is 0 Å². The molecule has 0 radical (unpaired) electrons. The first-order valence-corrected chi connectivity index (χ1v) is 4.99. The third-order valence-corrected chi connectivity index (χ3v) is 2.48. The van der Waals surface area contributed by atoms with Gasteiger partial charge in [-0.25, -0.2) is 0 Å². The molecule has 2 aliphatic heterocycles. The van der Waals surface area contributed by atoms with Gasteiger partial charge in [-0.2, -0.15) is 10.3 Å². The molecule has 78 valence electrons. The van der Waals surface area contributed by atoms with Crippen LogP contribution >= 0.6 is 0 Å². The summed E-state index contributed by atoms with van der Waals surface area (Å²) in [6.07, 6.45) is 0. The van der Waals surface area contributed by atoms with Crippen molar-refractivity contribution < 1.29 is 9.57 Å². The summed E-state index contributed by atoms with van der Waals surface area (Å²) < 4.78 is 5.24. The molecule has 2 atom stereocenters. The highest BCUT2D eigenvalue weighted by atomic mass is 16.7. The number of morpholine rings is 1. The number of nitriles is 1. The number of hydrogen-bond acceptors (Lipinski definition) is 5. The van der Waals surface area contributed by atoms with Crippen molar-refractivity contribution in [2.24, 2.45) is 0 Å². The fourth-order valence-corrected chi connectivity index (χ4v) is 1.48. The summed E-state index contributed by atoms with van der Waals surface area (Å²) in [6.45, 7) is 6.00. The third-order valence-electron chi connectivity index (χ3n) is 2.48. The molecule has 14 heavy (non-hydrogen) atoms. The lowest BCUT2D eigenvalue weighted by molar-refractivity contribution is -0.0827. The summed E-state index contributed by atoms with van der Waals surface area (Å²) in [5, 5.41) is 10.2. The van der Waals surface area contributed by atoms with Crippen LogP contribution in [0.15, 0.2) is 0 Å². The summed E-state index contributed by atoms with van der Waals surface area (Å²) in [6, 6.07) is 2.14. The predicted octanol–water partition coefficient (Wildman–Crippen LogP) is -0.542. The molecule has 2 fully saturated rings. The molecular formula is C9H15N3O2. The number of nitrogens with zero attached hydrogens (tertiary/aromatic N) is 3. The Labute approximate surface area is 83.7 Å². The normalized spacial score (nSPS) is 32.5. The van der Waals surface area contributed by atoms with E-state index in [9.17, 15) is 0 Å². The van der Waals surface area contributed by atoms with Crippen LogP contribution in [0.2, 0.25) is 0 Å². The Hall–Kier alpha value is -0.670. The molecule has 2 aliphatic rings. The van der Waals surface area contributed by atoms with E-state index in [0.29, 0.717) is 6.61 Å². The number of hydrogen-bond donors (Lipinski definition) is 0. The zero-order chi connectivity index (χ0) is 9.80. The van der Waals surface area contributed by atoms with Crippen molar-refractivity contribution in [3.8, 4) is 6.07 Å². The molecule has 0 spiro atoms. The first-order valence-electron chi connectivity index (χ1n) is 4.99. The van der Waals surface area contributed by atoms with Crippen molar-refractivity contribution in [2.45, 2.75) is 6.04 Å². The van der Waals surface area contributed by atoms with Crippen LogP contribution in [0.4, 0.5) is 0 Å². The van der Waals surface area contributed by atoms with Crippen LogP contribution in [-0.4, -0.2) is 62.0 Å². The van der Waals surface area contributed by atoms with Gasteiger partial charge < -0.3 is 4.74 Å². The maximum Gasteiger partial charge on any atom is 0.137 e. The van der Waals surface area contributed by atoms with Crippen molar-refractivity contribution in [1.82, 2.24) is 9.96 Å². The molecule has 2 heterocycles. The smallest absolute Gasteiger partial charge is 0.137 e. The van der Waals surface area contributed by atoms with E-state index < -0.39 is 0 Å². The Balaban J connectivity index is 1.53. The predicted molar refractivity (Wildman–Crippen MR) is 49.3 cm³/mol. The van der Waals surface area contributed by atoms with Crippen LogP contribution < -0.4 is 0 Å². The summed E-state index contributed by atoms with van der Waals surface area (Å²) in [7, 11) is 0. The maximum atomic E-state index is 8.53. The average Bonchev–Trinajstić information content (AvgIpc) is 2.98. The van der Waals surface area contributed by atoms with E-state index in [1.165, 1.54) is 0 Å². The van der Waals surface area contributed by atoms with E-state index >= 15 is 0 Å². The molecule has 0 bridgehead atoms. The van der Waals surface area contributed by atoms with Gasteiger partial charge in [0.25, 0.3) is 0 Å². The summed E-state index contributed by atoms with van der Waals surface area (Å²) in [4.78, 5) is 7.70.